The number of hydrogen-bond acceptors (Lipinski definition) is 7. The van der Waals surface area contributed by atoms with Gasteiger partial charge in [-0.3, -0.25) is 4.79 Å². The number of fused-ring (bicyclic) bond motifs is 1. The zero-order chi connectivity index (χ0) is 30.7. The molecule has 1 fully saturated rings. The van der Waals surface area contributed by atoms with E-state index in [1.54, 1.807) is 7.11 Å². The molecule has 1 amide bonds. The van der Waals surface area contributed by atoms with Crippen molar-refractivity contribution in [1.82, 2.24) is 15.1 Å². The van der Waals surface area contributed by atoms with Crippen LogP contribution in [-0.2, 0) is 19.1 Å². The van der Waals surface area contributed by atoms with Gasteiger partial charge in [0.05, 0.1) is 19.2 Å². The lowest BCUT2D eigenvalue weighted by molar-refractivity contribution is -0.193. The number of piperidine rings is 1. The third kappa shape index (κ3) is 12.0. The van der Waals surface area contributed by atoms with Crippen molar-refractivity contribution in [2.45, 2.75) is 43.3 Å². The third-order valence-corrected chi connectivity index (χ3v) is 5.86. The van der Waals surface area contributed by atoms with Crippen LogP contribution in [0.25, 0.3) is 0 Å². The Balaban J connectivity index is 0.000000473. The average molecular weight is 590 g/mol. The second kappa shape index (κ2) is 15.0. The van der Waals surface area contributed by atoms with Gasteiger partial charge in [0.1, 0.15) is 11.4 Å². The molecule has 1 atom stereocenters. The van der Waals surface area contributed by atoms with Gasteiger partial charge in [0, 0.05) is 38.7 Å². The molecule has 0 bridgehead atoms. The first-order chi connectivity index (χ1) is 18.4. The summed E-state index contributed by atoms with van der Waals surface area (Å²) in [5, 5.41) is 17.5. The highest BCUT2D eigenvalue weighted by atomic mass is 19.4. The zero-order valence-electron chi connectivity index (χ0n) is 22.1. The van der Waals surface area contributed by atoms with Crippen LogP contribution in [0, 0.1) is 0 Å². The van der Waals surface area contributed by atoms with Crippen molar-refractivity contribution in [3.8, 4) is 5.75 Å². The van der Waals surface area contributed by atoms with Gasteiger partial charge in [-0.25, -0.2) is 9.59 Å². The van der Waals surface area contributed by atoms with Crippen LogP contribution in [0.15, 0.2) is 24.3 Å². The third-order valence-electron chi connectivity index (χ3n) is 5.86. The normalized spacial score (nSPS) is 18.3. The van der Waals surface area contributed by atoms with Crippen molar-refractivity contribution in [3.63, 3.8) is 0 Å². The smallest absolute Gasteiger partial charge is 0.487 e. The minimum atomic E-state index is -5.08. The molecule has 0 radical (unpaired) electrons. The minimum absolute atomic E-state index is 0.0120. The van der Waals surface area contributed by atoms with E-state index in [1.165, 1.54) is 0 Å². The summed E-state index contributed by atoms with van der Waals surface area (Å²) >= 11 is 0. The first kappa shape index (κ1) is 34.9. The number of para-hydroxylation sites is 1. The summed E-state index contributed by atoms with van der Waals surface area (Å²) in [6.07, 6.45) is -7.38. The summed E-state index contributed by atoms with van der Waals surface area (Å²) in [7, 11) is 5.57. The van der Waals surface area contributed by atoms with Gasteiger partial charge in [-0.1, -0.05) is 18.2 Å². The first-order valence-corrected chi connectivity index (χ1v) is 11.9. The fourth-order valence-electron chi connectivity index (χ4n) is 3.98. The van der Waals surface area contributed by atoms with Gasteiger partial charge < -0.3 is 34.8 Å². The van der Waals surface area contributed by atoms with Gasteiger partial charge in [0.25, 0.3) is 0 Å². The largest absolute Gasteiger partial charge is 0.490 e. The average Bonchev–Trinajstić information content (AvgIpc) is 2.83. The summed E-state index contributed by atoms with van der Waals surface area (Å²) < 4.78 is 75.2. The van der Waals surface area contributed by atoms with Crippen LogP contribution in [0.1, 0.15) is 30.9 Å². The van der Waals surface area contributed by atoms with Gasteiger partial charge in [-0.2, -0.15) is 26.3 Å². The molecule has 16 heteroatoms. The molecule has 1 aromatic rings. The van der Waals surface area contributed by atoms with Crippen LogP contribution in [0.3, 0.4) is 0 Å². The van der Waals surface area contributed by atoms with Crippen LogP contribution in [-0.4, -0.2) is 110 Å². The molecule has 10 nitrogen and oxygen atoms in total. The number of rotatable bonds is 6. The van der Waals surface area contributed by atoms with E-state index in [2.05, 4.69) is 16.3 Å². The Morgan fingerprint density at radius 1 is 1.05 bits per heavy atom. The van der Waals surface area contributed by atoms with Gasteiger partial charge >= 0.3 is 24.3 Å². The number of alkyl halides is 6. The molecule has 1 saturated heterocycles. The molecular formula is C24H33F6N3O7. The number of benzene rings is 1. The number of carboxylic acid groups (broad SMARTS) is 2. The highest BCUT2D eigenvalue weighted by Gasteiger charge is 2.43. The Labute approximate surface area is 226 Å². The van der Waals surface area contributed by atoms with Crippen molar-refractivity contribution < 1.29 is 60.4 Å². The molecule has 2 aliphatic rings. The van der Waals surface area contributed by atoms with Gasteiger partial charge in [-0.05, 0) is 33.0 Å². The molecule has 3 rings (SSSR count). The molecule has 0 aliphatic carbocycles. The Hall–Kier alpha value is -3.11. The summed E-state index contributed by atoms with van der Waals surface area (Å²) in [5.74, 6) is -4.54. The molecule has 0 saturated carbocycles. The number of methoxy groups -OCH3 is 1. The predicted octanol–water partition coefficient (Wildman–Crippen LogP) is 2.94. The topological polar surface area (TPSA) is 129 Å². The number of likely N-dealkylation sites (N-methyl/N-ethyl adjacent to an activating group) is 1. The van der Waals surface area contributed by atoms with Gasteiger partial charge in [-0.15, -0.1) is 0 Å². The molecule has 0 aromatic heterocycles. The highest BCUT2D eigenvalue weighted by Crippen LogP contribution is 2.44. The number of ether oxygens (including phenoxy) is 2. The maximum Gasteiger partial charge on any atom is 0.490 e. The molecular weight excluding hydrogens is 556 g/mol. The molecule has 228 valence electrons. The fraction of sp³-hybridized carbons (Fsp3) is 0.625. The Kier molecular flexibility index (Phi) is 13.1. The van der Waals surface area contributed by atoms with Crippen molar-refractivity contribution in [3.05, 3.63) is 29.8 Å². The second-order valence-corrected chi connectivity index (χ2v) is 9.33. The quantitative estimate of drug-likeness (QED) is 0.429. The summed E-state index contributed by atoms with van der Waals surface area (Å²) in [4.78, 5) is 34.5. The van der Waals surface area contributed by atoms with E-state index in [0.29, 0.717) is 6.54 Å². The maximum atomic E-state index is 12.4. The van der Waals surface area contributed by atoms with Crippen molar-refractivity contribution >= 4 is 17.8 Å². The summed E-state index contributed by atoms with van der Waals surface area (Å²) in [6.45, 7) is 4.14. The monoisotopic (exact) mass is 589 g/mol. The summed E-state index contributed by atoms with van der Waals surface area (Å²) in [6, 6.07) is 8.12. The van der Waals surface area contributed by atoms with E-state index in [4.69, 9.17) is 29.3 Å². The van der Waals surface area contributed by atoms with Crippen LogP contribution in [0.5, 0.6) is 5.75 Å². The van der Waals surface area contributed by atoms with Crippen molar-refractivity contribution in [1.29, 1.82) is 0 Å². The lowest BCUT2D eigenvalue weighted by atomic mass is 9.80. The zero-order valence-corrected chi connectivity index (χ0v) is 22.1. The van der Waals surface area contributed by atoms with Crippen molar-refractivity contribution in [2.24, 2.45) is 0 Å². The van der Waals surface area contributed by atoms with E-state index >= 15 is 0 Å². The van der Waals surface area contributed by atoms with E-state index < -0.39 is 24.3 Å². The molecule has 1 spiro atoms. The molecule has 2 aliphatic heterocycles. The van der Waals surface area contributed by atoms with E-state index in [0.717, 1.165) is 56.8 Å². The van der Waals surface area contributed by atoms with Crippen LogP contribution in [0.4, 0.5) is 26.3 Å². The number of carbonyl (C=O) groups is 3. The van der Waals surface area contributed by atoms with Gasteiger partial charge in [0.15, 0.2) is 0 Å². The van der Waals surface area contributed by atoms with Gasteiger partial charge in [0.2, 0.25) is 5.91 Å². The Morgan fingerprint density at radius 3 is 2.00 bits per heavy atom. The number of amides is 1. The SMILES string of the molecule is COCCN1CCC2(CC1)CC(NC(=O)CN(C)C)c1ccccc1O2.O=C(O)C(F)(F)F.O=C(O)C(F)(F)F. The van der Waals surface area contributed by atoms with Crippen LogP contribution >= 0.6 is 0 Å². The number of nitrogens with zero attached hydrogens (tertiary/aromatic N) is 2. The second-order valence-electron chi connectivity index (χ2n) is 9.33. The van der Waals surface area contributed by atoms with Crippen molar-refractivity contribution in [2.75, 3.05) is 54.0 Å². The summed E-state index contributed by atoms with van der Waals surface area (Å²) in [5.41, 5.74) is 0.903. The van der Waals surface area contributed by atoms with E-state index in [9.17, 15) is 31.1 Å². The lowest BCUT2D eigenvalue weighted by Crippen LogP contribution is -2.53. The molecule has 3 N–H and O–H groups in total. The highest BCUT2D eigenvalue weighted by molar-refractivity contribution is 5.78. The van der Waals surface area contributed by atoms with Crippen LogP contribution in [0.2, 0.25) is 0 Å². The number of carboxylic acids is 2. The molecule has 1 unspecified atom stereocenters. The predicted molar refractivity (Wildman–Crippen MR) is 129 cm³/mol. The number of aliphatic carboxylic acids is 2. The first-order valence-electron chi connectivity index (χ1n) is 11.9. The van der Waals surface area contributed by atoms with Crippen LogP contribution < -0.4 is 10.1 Å². The lowest BCUT2D eigenvalue weighted by Gasteiger charge is -2.47. The Morgan fingerprint density at radius 2 is 1.55 bits per heavy atom. The number of likely N-dealkylation sites (tertiary alicyclic amines) is 1. The fourth-order valence-corrected chi connectivity index (χ4v) is 3.98. The van der Waals surface area contributed by atoms with E-state index in [1.807, 2.05) is 37.2 Å². The van der Waals surface area contributed by atoms with E-state index in [-0.39, 0.29) is 17.6 Å². The molecule has 2 heterocycles. The minimum Gasteiger partial charge on any atom is -0.487 e. The number of nitrogens with one attached hydrogen (secondary N) is 1. The number of halogens is 6. The number of hydrogen-bond donors (Lipinski definition) is 3. The molecule has 1 aromatic carbocycles. The number of carbonyl (C=O) groups excluding carboxylic acids is 1. The molecule has 40 heavy (non-hydrogen) atoms. The maximum absolute atomic E-state index is 12.4. The standard InChI is InChI=1S/C20H31N3O3.2C2HF3O2/c1-22(2)15-19(24)21-17-14-20(26-18-7-5-4-6-16(17)18)8-10-23(11-9-20)12-13-25-3;2*3-2(4,5)1(6)7/h4-7,17H,8-15H2,1-3H3,(H,21,24);2*(H,6,7). The Bertz CT molecular complexity index is 956.